The molecule has 13 nitrogen and oxygen atoms in total. The summed E-state index contributed by atoms with van der Waals surface area (Å²) < 4.78 is 102. The minimum atomic E-state index is -5.17. The van der Waals surface area contributed by atoms with Crippen molar-refractivity contribution in [2.45, 2.75) is 0 Å². The summed E-state index contributed by atoms with van der Waals surface area (Å²) in [7, 11) is -15.5. The summed E-state index contributed by atoms with van der Waals surface area (Å²) in [5, 5.41) is 0. The van der Waals surface area contributed by atoms with Crippen LogP contribution in [0.5, 0.6) is 0 Å². The summed E-state index contributed by atoms with van der Waals surface area (Å²) >= 11 is 0. The van der Waals surface area contributed by atoms with E-state index in [0.29, 0.717) is 0 Å². The molecule has 126 valence electrons. The van der Waals surface area contributed by atoms with Gasteiger partial charge in [-0.2, -0.15) is 0 Å². The smallest absolute Gasteiger partial charge is 0.0311 e. The quantitative estimate of drug-likeness (QED) is 0.165. The van der Waals surface area contributed by atoms with Crippen molar-refractivity contribution in [1.82, 2.24) is 0 Å². The van der Waals surface area contributed by atoms with E-state index in [1.54, 1.807) is 0 Å². The Morgan fingerprint density at radius 2 is 0.444 bits per heavy atom. The van der Waals surface area contributed by atoms with E-state index in [1.165, 1.54) is 0 Å². The molecule has 0 unspecified atom stereocenters. The van der Waals surface area contributed by atoms with Crippen LogP contribution in [-0.4, -0.2) is 58.0 Å². The van der Waals surface area contributed by atoms with Gasteiger partial charge in [-0.15, -0.1) is 0 Å². The molecule has 0 heterocycles. The second kappa shape index (κ2) is 14.5. The Labute approximate surface area is 133 Å². The van der Waals surface area contributed by atoms with Gasteiger partial charge in [0.05, 0.1) is 0 Å². The molecule has 18 heteroatoms. The summed E-state index contributed by atoms with van der Waals surface area (Å²) in [6.45, 7) is 0. The molecule has 0 aromatic heterocycles. The molecule has 0 spiro atoms. The molecule has 0 bridgehead atoms. The first-order valence-electron chi connectivity index (χ1n) is 2.00. The van der Waals surface area contributed by atoms with Gasteiger partial charge in [0, 0.05) is 76.0 Å². The third-order valence-electron chi connectivity index (χ3n) is 0. The van der Waals surface area contributed by atoms with Gasteiger partial charge in [0.1, 0.15) is 0 Å². The summed E-state index contributed by atoms with van der Waals surface area (Å²) in [5.41, 5.74) is 0. The average molecular weight is 522 g/mol. The molecule has 0 atom stereocenters. The van der Waals surface area contributed by atoms with Gasteiger partial charge in [-0.05, 0) is 0 Å². The van der Waals surface area contributed by atoms with E-state index >= 15 is 0 Å². The molecule has 18 heavy (non-hydrogen) atoms. The molecule has 0 rings (SSSR count). The average Bonchev–Trinajstić information content (AvgIpc) is 1.41. The minimum Gasteiger partial charge on any atom is -0.759 e. The van der Waals surface area contributed by atoms with Crippen molar-refractivity contribution in [2.75, 3.05) is 0 Å². The van der Waals surface area contributed by atoms with E-state index in [4.69, 9.17) is 52.6 Å². The molecule has 0 amide bonds. The van der Waals surface area contributed by atoms with Gasteiger partial charge in [-0.25, -0.2) is 0 Å². The van der Waals surface area contributed by atoms with Crippen molar-refractivity contribution in [3.05, 3.63) is 0 Å². The normalized spacial score (nSPS) is 9.67. The zero-order valence-corrected chi connectivity index (χ0v) is 12.6. The van der Waals surface area contributed by atoms with Crippen molar-refractivity contribution in [3.63, 3.8) is 0 Å². The van der Waals surface area contributed by atoms with E-state index in [1.807, 2.05) is 0 Å². The Bertz CT molecular complexity index is 341. The van der Waals surface area contributed by atoms with Crippen LogP contribution in [-0.2, 0) is 76.0 Å². The van der Waals surface area contributed by atoms with Crippen LogP contribution in [0, 0.1) is 0 Å². The summed E-state index contributed by atoms with van der Waals surface area (Å²) in [6.07, 6.45) is 0. The van der Waals surface area contributed by atoms with E-state index < -0.39 is 31.2 Å². The minimum absolute atomic E-state index is 0. The van der Waals surface area contributed by atoms with Crippen LogP contribution in [0.1, 0.15) is 0 Å². The summed E-state index contributed by atoms with van der Waals surface area (Å²) in [4.78, 5) is 0. The maximum absolute atomic E-state index is 8.52. The zero-order valence-electron chi connectivity index (χ0n) is 7.23. The Morgan fingerprint density at radius 1 is 0.444 bits per heavy atom. The zero-order chi connectivity index (χ0) is 13.5. The topological polar surface area (TPSA) is 272 Å². The van der Waals surface area contributed by atoms with Crippen LogP contribution in [0.15, 0.2) is 0 Å². The van der Waals surface area contributed by atoms with Gasteiger partial charge in [0.25, 0.3) is 0 Å². The van der Waals surface area contributed by atoms with Crippen LogP contribution >= 0.6 is 0 Å². The molecule has 0 fully saturated rings. The standard InChI is InChI=1S/2Ag.3H2O4S.H2O/c;;3*1-5(2,3)4;/h;;3*(H2,1,2,3,4);1H2/p-6. The molecule has 0 aliphatic heterocycles. The fraction of sp³-hybridized carbons (Fsp3) is 0. The third-order valence-corrected chi connectivity index (χ3v) is 0. The number of hydrogen-bond acceptors (Lipinski definition) is 12. The van der Waals surface area contributed by atoms with Crippen molar-refractivity contribution >= 4 is 31.2 Å². The van der Waals surface area contributed by atoms with Gasteiger partial charge >= 0.3 is 0 Å². The van der Waals surface area contributed by atoms with Crippen LogP contribution in [0.2, 0.25) is 0 Å². The summed E-state index contributed by atoms with van der Waals surface area (Å²) in [5.74, 6) is 0. The van der Waals surface area contributed by atoms with Crippen molar-refractivity contribution in [3.8, 4) is 0 Å². The first kappa shape index (κ1) is 36.4. The summed E-state index contributed by atoms with van der Waals surface area (Å²) in [6, 6.07) is 0. The fourth-order valence-corrected chi connectivity index (χ4v) is 0. The Hall–Kier alpha value is 1.05. The molecular weight excluding hydrogens is 520 g/mol. The molecule has 2 N–H and O–H groups in total. The fourth-order valence-electron chi connectivity index (χ4n) is 0. The Kier molecular flexibility index (Phi) is 29.3. The SMILES string of the molecule is O.O=S(=O)([O-])[O-].O=S(=O)([O-])[O-].O=S(=O)([O-])[O-].[Ag].[Ag]. The van der Waals surface area contributed by atoms with E-state index in [-0.39, 0.29) is 50.2 Å². The van der Waals surface area contributed by atoms with Crippen molar-refractivity contribution in [1.29, 1.82) is 0 Å². The maximum Gasteiger partial charge on any atom is 0.0311 e. The van der Waals surface area contributed by atoms with Crippen LogP contribution < -0.4 is 0 Å². The predicted molar refractivity (Wildman–Crippen MR) is 35.0 cm³/mol. The molecule has 2 radical (unpaired) electrons. The Balaban J connectivity index is -0.0000000277. The second-order valence-corrected chi connectivity index (χ2v) is 3.67. The monoisotopic (exact) mass is 520 g/mol. The van der Waals surface area contributed by atoms with Crippen molar-refractivity contribution in [2.24, 2.45) is 0 Å². The first-order valence-corrected chi connectivity index (χ1v) is 6.00. The molecule has 0 aromatic carbocycles. The molecular formula is H2Ag2O13S3-6. The number of rotatable bonds is 0. The number of hydrogen-bond donors (Lipinski definition) is 0. The molecule has 0 aliphatic carbocycles. The van der Waals surface area contributed by atoms with E-state index in [2.05, 4.69) is 0 Å². The first-order chi connectivity index (χ1) is 6.00. The Morgan fingerprint density at radius 3 is 0.444 bits per heavy atom. The van der Waals surface area contributed by atoms with Crippen LogP contribution in [0.3, 0.4) is 0 Å². The van der Waals surface area contributed by atoms with E-state index in [9.17, 15) is 0 Å². The van der Waals surface area contributed by atoms with E-state index in [0.717, 1.165) is 0 Å². The van der Waals surface area contributed by atoms with Gasteiger partial charge in [0.15, 0.2) is 0 Å². The third kappa shape index (κ3) is 3980. The van der Waals surface area contributed by atoms with Gasteiger partial charge < -0.3 is 32.8 Å². The van der Waals surface area contributed by atoms with Crippen molar-refractivity contribution < 1.29 is 103 Å². The van der Waals surface area contributed by atoms with Gasteiger partial charge in [0.2, 0.25) is 0 Å². The van der Waals surface area contributed by atoms with Crippen LogP contribution in [0.4, 0.5) is 0 Å². The molecule has 0 aliphatic rings. The maximum atomic E-state index is 8.52. The van der Waals surface area contributed by atoms with Gasteiger partial charge in [-0.3, -0.25) is 25.3 Å². The molecule has 0 saturated heterocycles. The predicted octanol–water partition coefficient (Wildman–Crippen LogP) is -4.84. The van der Waals surface area contributed by atoms with Crippen LogP contribution in [0.25, 0.3) is 0 Å². The molecule has 0 aromatic rings. The molecule has 0 saturated carbocycles. The second-order valence-electron chi connectivity index (χ2n) is 1.22. The van der Waals surface area contributed by atoms with Gasteiger partial charge in [-0.1, -0.05) is 0 Å². The largest absolute Gasteiger partial charge is 0.759 e.